The number of aryl methyl sites for hydroxylation is 1. The molecule has 10 heteroatoms. The summed E-state index contributed by atoms with van der Waals surface area (Å²) in [6.45, 7) is 5.54. The Morgan fingerprint density at radius 3 is 2.27 bits per heavy atom. The molecular formula is C46H54F2N4O4. The monoisotopic (exact) mass is 764 g/mol. The second-order valence-electron chi connectivity index (χ2n) is 16.0. The van der Waals surface area contributed by atoms with Crippen LogP contribution >= 0.6 is 0 Å². The molecule has 8 nitrogen and oxygen atoms in total. The fourth-order valence-electron chi connectivity index (χ4n) is 9.04. The number of halogens is 2. The van der Waals surface area contributed by atoms with Crippen LogP contribution in [0.1, 0.15) is 79.5 Å². The first-order valence-corrected chi connectivity index (χ1v) is 20.1. The number of methoxy groups -OCH3 is 1. The Bertz CT molecular complexity index is 1950. The third-order valence-corrected chi connectivity index (χ3v) is 12.2. The average molecular weight is 765 g/mol. The zero-order valence-electron chi connectivity index (χ0n) is 32.4. The summed E-state index contributed by atoms with van der Waals surface area (Å²) in [5.74, 6) is -1.29. The molecule has 3 aliphatic heterocycles. The number of nitrogens with one attached hydrogen (secondary N) is 2. The maximum Gasteiger partial charge on any atom is 0.253 e. The summed E-state index contributed by atoms with van der Waals surface area (Å²) in [4.78, 5) is 27.0. The third kappa shape index (κ3) is 9.18. The first-order chi connectivity index (χ1) is 27.1. The number of likely N-dealkylation sites (tertiary alicyclic amines) is 1. The Morgan fingerprint density at radius 2 is 1.57 bits per heavy atom. The number of ether oxygens (including phenoxy) is 1. The van der Waals surface area contributed by atoms with Crippen molar-refractivity contribution in [2.24, 2.45) is 11.8 Å². The largest absolute Gasteiger partial charge is 0.508 e. The van der Waals surface area contributed by atoms with E-state index in [1.165, 1.54) is 27.9 Å². The van der Waals surface area contributed by atoms with Gasteiger partial charge in [0.05, 0.1) is 7.11 Å². The Balaban J connectivity index is 0.000000268. The van der Waals surface area contributed by atoms with Crippen LogP contribution in [0.4, 0.5) is 20.2 Å². The van der Waals surface area contributed by atoms with E-state index in [4.69, 9.17) is 4.74 Å². The minimum Gasteiger partial charge on any atom is -0.508 e. The molecule has 4 aromatic rings. The lowest BCUT2D eigenvalue weighted by Gasteiger charge is -2.40. The van der Waals surface area contributed by atoms with E-state index in [9.17, 15) is 23.5 Å². The molecule has 0 saturated carbocycles. The molecule has 4 aliphatic rings. The average Bonchev–Trinajstić information content (AvgIpc) is 3.21. The molecule has 0 bridgehead atoms. The van der Waals surface area contributed by atoms with Crippen LogP contribution < -0.4 is 20.3 Å². The normalized spacial score (nSPS) is 24.0. The molecule has 3 fully saturated rings. The maximum absolute atomic E-state index is 13.9. The fraction of sp³-hybridized carbons (Fsp3) is 0.435. The van der Waals surface area contributed by atoms with Crippen molar-refractivity contribution < 1.29 is 28.2 Å². The highest BCUT2D eigenvalue weighted by molar-refractivity contribution is 6.01. The smallest absolute Gasteiger partial charge is 0.253 e. The SMILES string of the molecule is COc1cc(N2CCC(CN3CCC(F)(F)C(C)C3)CC2)ccc1C1c2ccc(O)cc2CCC1c1ccccc1.O=C1CCC(Nc2ccccc2)C(=O)N1. The number of amides is 2. The highest BCUT2D eigenvalue weighted by Gasteiger charge is 2.41. The Hall–Kier alpha value is -4.96. The van der Waals surface area contributed by atoms with Crippen LogP contribution in [0.5, 0.6) is 11.5 Å². The van der Waals surface area contributed by atoms with Crippen LogP contribution in [0.3, 0.4) is 0 Å². The number of para-hydroxylation sites is 1. The molecule has 2 amide bonds. The lowest BCUT2D eigenvalue weighted by molar-refractivity contribution is -0.133. The third-order valence-electron chi connectivity index (χ3n) is 12.2. The van der Waals surface area contributed by atoms with Crippen LogP contribution in [0.25, 0.3) is 0 Å². The summed E-state index contributed by atoms with van der Waals surface area (Å²) in [6.07, 6.45) is 5.03. The molecule has 3 heterocycles. The van der Waals surface area contributed by atoms with Gasteiger partial charge in [0.1, 0.15) is 17.5 Å². The number of hydrogen-bond acceptors (Lipinski definition) is 7. The van der Waals surface area contributed by atoms with Crippen molar-refractivity contribution in [2.75, 3.05) is 50.1 Å². The van der Waals surface area contributed by atoms with Crippen molar-refractivity contribution >= 4 is 23.2 Å². The van der Waals surface area contributed by atoms with Gasteiger partial charge in [0, 0.05) is 80.4 Å². The predicted molar refractivity (Wildman–Crippen MR) is 217 cm³/mol. The van der Waals surface area contributed by atoms with E-state index < -0.39 is 11.8 Å². The topological polar surface area (TPSA) is 94.1 Å². The van der Waals surface area contributed by atoms with Crippen molar-refractivity contribution in [3.63, 3.8) is 0 Å². The molecule has 0 radical (unpaired) electrons. The predicted octanol–water partition coefficient (Wildman–Crippen LogP) is 8.36. The summed E-state index contributed by atoms with van der Waals surface area (Å²) in [5, 5.41) is 15.6. The van der Waals surface area contributed by atoms with Crippen LogP contribution in [-0.4, -0.2) is 73.6 Å². The second-order valence-corrected chi connectivity index (χ2v) is 16.0. The lowest BCUT2D eigenvalue weighted by Crippen LogP contribution is -2.48. The highest BCUT2D eigenvalue weighted by atomic mass is 19.3. The number of imide groups is 1. The minimum atomic E-state index is -2.52. The number of fused-ring (bicyclic) bond motifs is 1. The highest BCUT2D eigenvalue weighted by Crippen LogP contribution is 2.50. The van der Waals surface area contributed by atoms with E-state index in [0.717, 1.165) is 56.8 Å². The Morgan fingerprint density at radius 1 is 0.857 bits per heavy atom. The van der Waals surface area contributed by atoms with Crippen molar-refractivity contribution in [1.82, 2.24) is 10.2 Å². The van der Waals surface area contributed by atoms with Crippen molar-refractivity contribution in [2.45, 2.75) is 75.7 Å². The zero-order valence-corrected chi connectivity index (χ0v) is 32.4. The fourth-order valence-corrected chi connectivity index (χ4v) is 9.04. The molecule has 4 unspecified atom stereocenters. The summed E-state index contributed by atoms with van der Waals surface area (Å²) < 4.78 is 33.9. The van der Waals surface area contributed by atoms with Gasteiger partial charge in [-0.3, -0.25) is 14.9 Å². The van der Waals surface area contributed by atoms with Gasteiger partial charge in [-0.05, 0) is 91.0 Å². The van der Waals surface area contributed by atoms with Crippen LogP contribution in [0.2, 0.25) is 0 Å². The summed E-state index contributed by atoms with van der Waals surface area (Å²) in [6, 6.07) is 32.4. The number of anilines is 2. The number of aromatic hydroxyl groups is 1. The van der Waals surface area contributed by atoms with E-state index in [1.54, 1.807) is 20.1 Å². The molecule has 1 aliphatic carbocycles. The van der Waals surface area contributed by atoms with E-state index in [0.29, 0.717) is 43.5 Å². The van der Waals surface area contributed by atoms with Gasteiger partial charge in [-0.15, -0.1) is 0 Å². The number of phenols is 1. The number of hydrogen-bond donors (Lipinski definition) is 3. The number of phenolic OH excluding ortho intramolecular Hbond substituents is 1. The Kier molecular flexibility index (Phi) is 12.2. The van der Waals surface area contributed by atoms with E-state index in [1.807, 2.05) is 36.4 Å². The molecule has 0 spiro atoms. The zero-order chi connectivity index (χ0) is 39.2. The molecule has 296 valence electrons. The number of rotatable bonds is 8. The van der Waals surface area contributed by atoms with Gasteiger partial charge in [-0.25, -0.2) is 8.78 Å². The molecule has 0 aromatic heterocycles. The van der Waals surface area contributed by atoms with Crippen LogP contribution in [-0.2, 0) is 16.0 Å². The number of benzene rings is 4. The summed E-state index contributed by atoms with van der Waals surface area (Å²) >= 11 is 0. The van der Waals surface area contributed by atoms with E-state index in [-0.39, 0.29) is 30.2 Å². The second kappa shape index (κ2) is 17.5. The number of nitrogens with zero attached hydrogens (tertiary/aromatic N) is 2. The van der Waals surface area contributed by atoms with Crippen LogP contribution in [0, 0.1) is 11.8 Å². The molecule has 3 saturated heterocycles. The van der Waals surface area contributed by atoms with Gasteiger partial charge in [0.2, 0.25) is 11.8 Å². The summed E-state index contributed by atoms with van der Waals surface area (Å²) in [7, 11) is 1.76. The quantitative estimate of drug-likeness (QED) is 0.155. The molecular weight excluding hydrogens is 711 g/mol. The first kappa shape index (κ1) is 39.3. The maximum atomic E-state index is 13.9. The van der Waals surface area contributed by atoms with E-state index in [2.05, 4.69) is 75.0 Å². The number of alkyl halides is 2. The molecule has 56 heavy (non-hydrogen) atoms. The van der Waals surface area contributed by atoms with E-state index >= 15 is 0 Å². The standard InChI is InChI=1S/C35H42F2N2O2.C11H12N2O2/c1-24-22-38(19-16-35(24,36)37)23-25-14-17-39(18-15-25)28-9-12-32(33(21-28)41-2)34-30(26-6-4-3-5-7-26)11-8-27-20-29(40)10-13-31(27)34;14-10-7-6-9(11(15)13-10)12-8-4-2-1-3-5-8/h3-7,9-10,12-13,20-21,24-25,30,34,40H,8,11,14-19,22-23H2,1-2H3;1-5,9,12H,6-7H2,(H,13,14,15). The lowest BCUT2D eigenvalue weighted by atomic mass is 9.69. The van der Waals surface area contributed by atoms with Crippen molar-refractivity contribution in [3.05, 3.63) is 119 Å². The van der Waals surface area contributed by atoms with Gasteiger partial charge in [-0.1, -0.05) is 67.6 Å². The molecule has 8 rings (SSSR count). The van der Waals surface area contributed by atoms with Gasteiger partial charge < -0.3 is 25.0 Å². The van der Waals surface area contributed by atoms with Crippen LogP contribution in [0.15, 0.2) is 97.1 Å². The van der Waals surface area contributed by atoms with Gasteiger partial charge >= 0.3 is 0 Å². The van der Waals surface area contributed by atoms with Crippen molar-refractivity contribution in [3.8, 4) is 11.5 Å². The number of carbonyl (C=O) groups excluding carboxylic acids is 2. The first-order valence-electron chi connectivity index (χ1n) is 20.1. The Labute approximate surface area is 329 Å². The molecule has 3 N–H and O–H groups in total. The van der Waals surface area contributed by atoms with Gasteiger partial charge in [0.25, 0.3) is 5.92 Å². The molecule has 4 atom stereocenters. The summed E-state index contributed by atoms with van der Waals surface area (Å²) in [5.41, 5.74) is 7.06. The number of piperidine rings is 3. The van der Waals surface area contributed by atoms with Crippen molar-refractivity contribution in [1.29, 1.82) is 0 Å². The number of carbonyl (C=O) groups is 2. The minimum absolute atomic E-state index is 0.0169. The molecule has 4 aromatic carbocycles. The van der Waals surface area contributed by atoms with Gasteiger partial charge in [0.15, 0.2) is 0 Å². The van der Waals surface area contributed by atoms with Gasteiger partial charge in [-0.2, -0.15) is 0 Å².